The summed E-state index contributed by atoms with van der Waals surface area (Å²) in [5.41, 5.74) is 4.17. The zero-order chi connectivity index (χ0) is 15.6. The van der Waals surface area contributed by atoms with Crippen molar-refractivity contribution in [3.05, 3.63) is 52.5 Å². The van der Waals surface area contributed by atoms with Gasteiger partial charge in [0.2, 0.25) is 0 Å². The fourth-order valence-electron chi connectivity index (χ4n) is 2.48. The van der Waals surface area contributed by atoms with Gasteiger partial charge in [-0.1, -0.05) is 17.7 Å². The number of aryl methyl sites for hydroxylation is 4. The number of carbonyl (C=O) groups excluding carboxylic acids is 1. The highest BCUT2D eigenvalue weighted by molar-refractivity contribution is 5.91. The number of urea groups is 1. The Bertz CT molecular complexity index is 636. The van der Waals surface area contributed by atoms with Gasteiger partial charge in [-0.2, -0.15) is 0 Å². The molecule has 2 aromatic rings. The number of carbonyl (C=O) groups is 1. The Labute approximate surface area is 125 Å². The van der Waals surface area contributed by atoms with Crippen LogP contribution in [0.5, 0.6) is 0 Å². The first-order chi connectivity index (χ1) is 9.86. The molecule has 0 aliphatic carbocycles. The number of anilines is 1. The first-order valence-electron chi connectivity index (χ1n) is 7.08. The smallest absolute Gasteiger partial charge is 0.319 e. The molecule has 1 aromatic carbocycles. The largest absolute Gasteiger partial charge is 0.464 e. The van der Waals surface area contributed by atoms with Crippen molar-refractivity contribution in [3.63, 3.8) is 0 Å². The lowest BCUT2D eigenvalue weighted by Crippen LogP contribution is -2.31. The van der Waals surface area contributed by atoms with Gasteiger partial charge in [0.15, 0.2) is 0 Å². The number of amides is 2. The van der Waals surface area contributed by atoms with Crippen LogP contribution in [0.3, 0.4) is 0 Å². The quantitative estimate of drug-likeness (QED) is 0.878. The first-order valence-corrected chi connectivity index (χ1v) is 7.08. The normalized spacial score (nSPS) is 12.0. The molecule has 112 valence electrons. The Hall–Kier alpha value is -2.23. The highest BCUT2D eigenvalue weighted by Crippen LogP contribution is 2.22. The third kappa shape index (κ3) is 3.66. The number of benzene rings is 1. The molecule has 0 fully saturated rings. The number of hydrogen-bond donors (Lipinski definition) is 2. The van der Waals surface area contributed by atoms with Crippen molar-refractivity contribution in [2.45, 2.75) is 40.7 Å². The molecule has 2 N–H and O–H groups in total. The van der Waals surface area contributed by atoms with E-state index in [0.717, 1.165) is 28.3 Å². The van der Waals surface area contributed by atoms with Gasteiger partial charge in [-0.3, -0.25) is 0 Å². The molecule has 4 heteroatoms. The lowest BCUT2D eigenvalue weighted by atomic mass is 10.1. The molecule has 2 amide bonds. The molecule has 0 unspecified atom stereocenters. The highest BCUT2D eigenvalue weighted by atomic mass is 16.3. The number of nitrogens with one attached hydrogen (secondary N) is 2. The summed E-state index contributed by atoms with van der Waals surface area (Å²) in [6.07, 6.45) is 0. The molecule has 0 saturated carbocycles. The van der Waals surface area contributed by atoms with E-state index in [9.17, 15) is 4.79 Å². The van der Waals surface area contributed by atoms with Crippen LogP contribution in [0.4, 0.5) is 10.5 Å². The topological polar surface area (TPSA) is 54.3 Å². The summed E-state index contributed by atoms with van der Waals surface area (Å²) in [7, 11) is 0. The van der Waals surface area contributed by atoms with Crippen molar-refractivity contribution in [2.75, 3.05) is 5.32 Å². The van der Waals surface area contributed by atoms with Gasteiger partial charge in [0.25, 0.3) is 0 Å². The van der Waals surface area contributed by atoms with Crippen LogP contribution in [-0.4, -0.2) is 6.03 Å². The molecule has 21 heavy (non-hydrogen) atoms. The molecular formula is C17H22N2O2. The predicted molar refractivity (Wildman–Crippen MR) is 84.7 cm³/mol. The molecule has 0 aliphatic heterocycles. The van der Waals surface area contributed by atoms with E-state index < -0.39 is 0 Å². The van der Waals surface area contributed by atoms with E-state index >= 15 is 0 Å². The minimum absolute atomic E-state index is 0.176. The van der Waals surface area contributed by atoms with Gasteiger partial charge in [0, 0.05) is 5.69 Å². The second-order valence-corrected chi connectivity index (χ2v) is 5.54. The van der Waals surface area contributed by atoms with Crippen molar-refractivity contribution in [1.29, 1.82) is 0 Å². The fraction of sp³-hybridized carbons (Fsp3) is 0.353. The van der Waals surface area contributed by atoms with Gasteiger partial charge in [0.05, 0.1) is 6.04 Å². The highest BCUT2D eigenvalue weighted by Gasteiger charge is 2.14. The minimum Gasteiger partial charge on any atom is -0.464 e. The predicted octanol–water partition coefficient (Wildman–Crippen LogP) is 4.40. The summed E-state index contributed by atoms with van der Waals surface area (Å²) in [6.45, 7) is 9.82. The van der Waals surface area contributed by atoms with Gasteiger partial charge >= 0.3 is 6.03 Å². The molecule has 0 spiro atoms. The number of furan rings is 1. The molecule has 1 atom stereocenters. The summed E-state index contributed by atoms with van der Waals surface area (Å²) in [6, 6.07) is 7.48. The van der Waals surface area contributed by atoms with Crippen molar-refractivity contribution in [1.82, 2.24) is 5.32 Å². The zero-order valence-electron chi connectivity index (χ0n) is 13.2. The first kappa shape index (κ1) is 15.2. The Morgan fingerprint density at radius 2 is 1.71 bits per heavy atom. The van der Waals surface area contributed by atoms with Crippen LogP contribution < -0.4 is 10.6 Å². The van der Waals surface area contributed by atoms with Crippen LogP contribution >= 0.6 is 0 Å². The lowest BCUT2D eigenvalue weighted by Gasteiger charge is -2.16. The van der Waals surface area contributed by atoms with E-state index in [0.29, 0.717) is 0 Å². The van der Waals surface area contributed by atoms with Crippen molar-refractivity contribution in [2.24, 2.45) is 0 Å². The minimum atomic E-state index is -0.230. The third-order valence-electron chi connectivity index (χ3n) is 3.45. The Kier molecular flexibility index (Phi) is 4.36. The van der Waals surface area contributed by atoms with Gasteiger partial charge in [-0.25, -0.2) is 4.79 Å². The second-order valence-electron chi connectivity index (χ2n) is 5.54. The summed E-state index contributed by atoms with van der Waals surface area (Å²) in [4.78, 5) is 12.1. The van der Waals surface area contributed by atoms with E-state index in [1.165, 1.54) is 5.56 Å². The van der Waals surface area contributed by atoms with Crippen molar-refractivity contribution < 1.29 is 9.21 Å². The van der Waals surface area contributed by atoms with Crippen LogP contribution in [-0.2, 0) is 0 Å². The van der Waals surface area contributed by atoms with Crippen LogP contribution in [0.1, 0.15) is 41.2 Å². The molecule has 2 rings (SSSR count). The Morgan fingerprint density at radius 3 is 2.24 bits per heavy atom. The van der Waals surface area contributed by atoms with Crippen LogP contribution in [0.25, 0.3) is 0 Å². The zero-order valence-corrected chi connectivity index (χ0v) is 13.2. The van der Waals surface area contributed by atoms with Gasteiger partial charge in [0.1, 0.15) is 11.5 Å². The number of hydrogen-bond acceptors (Lipinski definition) is 2. The van der Waals surface area contributed by atoms with E-state index in [4.69, 9.17) is 4.42 Å². The van der Waals surface area contributed by atoms with Crippen LogP contribution in [0, 0.1) is 27.7 Å². The average molecular weight is 286 g/mol. The SMILES string of the molecule is Cc1cc(C)c(NC(=O)N[C@H](C)c2ccc(C)o2)c(C)c1. The van der Waals surface area contributed by atoms with Crippen LogP contribution in [0.15, 0.2) is 28.7 Å². The molecule has 0 radical (unpaired) electrons. The monoisotopic (exact) mass is 286 g/mol. The van der Waals surface area contributed by atoms with Crippen molar-refractivity contribution >= 4 is 11.7 Å². The molecular weight excluding hydrogens is 264 g/mol. The number of rotatable bonds is 3. The van der Waals surface area contributed by atoms with E-state index in [1.54, 1.807) is 0 Å². The molecule has 0 saturated heterocycles. The van der Waals surface area contributed by atoms with E-state index in [2.05, 4.69) is 22.8 Å². The summed E-state index contributed by atoms with van der Waals surface area (Å²) in [5.74, 6) is 1.59. The maximum absolute atomic E-state index is 12.1. The van der Waals surface area contributed by atoms with Crippen molar-refractivity contribution in [3.8, 4) is 0 Å². The van der Waals surface area contributed by atoms with Gasteiger partial charge < -0.3 is 15.1 Å². The lowest BCUT2D eigenvalue weighted by molar-refractivity contribution is 0.247. The van der Waals surface area contributed by atoms with Gasteiger partial charge in [-0.05, 0) is 57.9 Å². The Morgan fingerprint density at radius 1 is 1.10 bits per heavy atom. The van der Waals surface area contributed by atoms with Crippen LogP contribution in [0.2, 0.25) is 0 Å². The van der Waals surface area contributed by atoms with Gasteiger partial charge in [-0.15, -0.1) is 0 Å². The molecule has 4 nitrogen and oxygen atoms in total. The third-order valence-corrected chi connectivity index (χ3v) is 3.45. The molecule has 0 aliphatic rings. The summed E-state index contributed by atoms with van der Waals surface area (Å²) >= 11 is 0. The Balaban J connectivity index is 2.05. The van der Waals surface area contributed by atoms with E-state index in [1.807, 2.05) is 46.8 Å². The average Bonchev–Trinajstić information content (AvgIpc) is 2.80. The standard InChI is InChI=1S/C17H22N2O2/c1-10-8-11(2)16(12(3)9-10)19-17(20)18-14(5)15-7-6-13(4)21-15/h6-9,14H,1-5H3,(H2,18,19,20)/t14-/m1/s1. The maximum atomic E-state index is 12.1. The fourth-order valence-corrected chi connectivity index (χ4v) is 2.48. The van der Waals surface area contributed by atoms with E-state index in [-0.39, 0.29) is 12.1 Å². The molecule has 1 heterocycles. The molecule has 1 aromatic heterocycles. The summed E-state index contributed by atoms with van der Waals surface area (Å²) < 4.78 is 5.52. The molecule has 0 bridgehead atoms. The summed E-state index contributed by atoms with van der Waals surface area (Å²) in [5, 5.41) is 5.80. The second kappa shape index (κ2) is 6.04. The maximum Gasteiger partial charge on any atom is 0.319 e.